The standard InChI is InChI=1S/C11H7BrClN3O4S/c12-8-6-7(16(17)18)3-4-9(8)15-21(19,20)10-2-1-5-14-11(10)13/h1-6,15H. The Hall–Kier alpha value is -1.71. The van der Waals surface area contributed by atoms with Gasteiger partial charge in [-0.2, -0.15) is 0 Å². The third-order valence-electron chi connectivity index (χ3n) is 2.42. The third kappa shape index (κ3) is 3.49. The summed E-state index contributed by atoms with van der Waals surface area (Å²) < 4.78 is 26.9. The molecule has 1 heterocycles. The van der Waals surface area contributed by atoms with Crippen molar-refractivity contribution in [1.29, 1.82) is 0 Å². The van der Waals surface area contributed by atoms with Crippen LogP contribution in [0.3, 0.4) is 0 Å². The Morgan fingerprint density at radius 2 is 2.05 bits per heavy atom. The van der Waals surface area contributed by atoms with Crippen molar-refractivity contribution in [3.63, 3.8) is 0 Å². The van der Waals surface area contributed by atoms with Crippen LogP contribution in [-0.2, 0) is 10.0 Å². The zero-order valence-electron chi connectivity index (χ0n) is 10.2. The minimum Gasteiger partial charge on any atom is -0.278 e. The molecule has 0 aliphatic heterocycles. The van der Waals surface area contributed by atoms with Gasteiger partial charge in [0.05, 0.1) is 10.6 Å². The molecule has 0 saturated carbocycles. The van der Waals surface area contributed by atoms with E-state index in [1.807, 2.05) is 0 Å². The van der Waals surface area contributed by atoms with Crippen molar-refractivity contribution in [2.45, 2.75) is 4.90 Å². The molecule has 0 saturated heterocycles. The van der Waals surface area contributed by atoms with Gasteiger partial charge in [-0.3, -0.25) is 14.8 Å². The summed E-state index contributed by atoms with van der Waals surface area (Å²) in [4.78, 5) is 13.6. The molecule has 0 aliphatic rings. The Bertz CT molecular complexity index is 813. The van der Waals surface area contributed by atoms with Gasteiger partial charge in [-0.1, -0.05) is 11.6 Å². The number of nitro benzene ring substituents is 1. The number of benzene rings is 1. The number of hydrogen-bond acceptors (Lipinski definition) is 5. The minimum atomic E-state index is -3.94. The van der Waals surface area contributed by atoms with Gasteiger partial charge in [-0.25, -0.2) is 13.4 Å². The normalized spacial score (nSPS) is 11.1. The first-order chi connectivity index (χ1) is 9.81. The van der Waals surface area contributed by atoms with Crippen molar-refractivity contribution in [2.24, 2.45) is 0 Å². The van der Waals surface area contributed by atoms with Gasteiger partial charge in [-0.15, -0.1) is 0 Å². The van der Waals surface area contributed by atoms with Crippen LogP contribution in [0.1, 0.15) is 0 Å². The molecule has 1 N–H and O–H groups in total. The summed E-state index contributed by atoms with van der Waals surface area (Å²) in [5.74, 6) is 0. The van der Waals surface area contributed by atoms with Crippen LogP contribution in [0.4, 0.5) is 11.4 Å². The SMILES string of the molecule is O=[N+]([O-])c1ccc(NS(=O)(=O)c2cccnc2Cl)c(Br)c1. The van der Waals surface area contributed by atoms with Gasteiger partial charge in [0.25, 0.3) is 15.7 Å². The first-order valence-corrected chi connectivity index (χ1v) is 8.04. The molecule has 0 radical (unpaired) electrons. The van der Waals surface area contributed by atoms with Gasteiger partial charge in [0.1, 0.15) is 10.0 Å². The molecular formula is C11H7BrClN3O4S. The highest BCUT2D eigenvalue weighted by atomic mass is 79.9. The quantitative estimate of drug-likeness (QED) is 0.489. The number of hydrogen-bond donors (Lipinski definition) is 1. The maximum absolute atomic E-state index is 12.2. The summed E-state index contributed by atoms with van der Waals surface area (Å²) in [6.45, 7) is 0. The lowest BCUT2D eigenvalue weighted by molar-refractivity contribution is -0.384. The van der Waals surface area contributed by atoms with Crippen molar-refractivity contribution in [3.05, 3.63) is 56.3 Å². The lowest BCUT2D eigenvalue weighted by Gasteiger charge is -2.10. The molecular weight excluding hydrogens is 386 g/mol. The predicted molar refractivity (Wildman–Crippen MR) is 80.9 cm³/mol. The van der Waals surface area contributed by atoms with Crippen LogP contribution in [0, 0.1) is 10.1 Å². The number of nitrogens with one attached hydrogen (secondary N) is 1. The lowest BCUT2D eigenvalue weighted by atomic mass is 10.3. The summed E-state index contributed by atoms with van der Waals surface area (Å²) in [5, 5.41) is 10.5. The summed E-state index contributed by atoms with van der Waals surface area (Å²) >= 11 is 8.83. The summed E-state index contributed by atoms with van der Waals surface area (Å²) in [6.07, 6.45) is 1.36. The number of rotatable bonds is 4. The maximum Gasteiger partial charge on any atom is 0.270 e. The van der Waals surface area contributed by atoms with Crippen LogP contribution >= 0.6 is 27.5 Å². The van der Waals surface area contributed by atoms with Crippen molar-refractivity contribution < 1.29 is 13.3 Å². The molecule has 10 heteroatoms. The van der Waals surface area contributed by atoms with Crippen LogP contribution in [-0.4, -0.2) is 18.3 Å². The lowest BCUT2D eigenvalue weighted by Crippen LogP contribution is -2.14. The number of sulfonamides is 1. The van der Waals surface area contributed by atoms with Gasteiger partial charge < -0.3 is 0 Å². The van der Waals surface area contributed by atoms with Crippen LogP contribution in [0.25, 0.3) is 0 Å². The summed E-state index contributed by atoms with van der Waals surface area (Å²) in [5.41, 5.74) is -0.00949. The van der Waals surface area contributed by atoms with Crippen molar-refractivity contribution in [1.82, 2.24) is 4.98 Å². The molecule has 2 aromatic rings. The molecule has 0 unspecified atom stereocenters. The Balaban J connectivity index is 2.38. The van der Waals surface area contributed by atoms with Crippen LogP contribution in [0.15, 0.2) is 45.9 Å². The zero-order chi connectivity index (χ0) is 15.6. The van der Waals surface area contributed by atoms with E-state index in [0.29, 0.717) is 0 Å². The highest BCUT2D eigenvalue weighted by Crippen LogP contribution is 2.29. The molecule has 110 valence electrons. The average Bonchev–Trinajstić information content (AvgIpc) is 2.41. The Morgan fingerprint density at radius 1 is 1.33 bits per heavy atom. The Labute approximate surface area is 133 Å². The fraction of sp³-hybridized carbons (Fsp3) is 0. The second kappa shape index (κ2) is 5.96. The Morgan fingerprint density at radius 3 is 2.62 bits per heavy atom. The molecule has 7 nitrogen and oxygen atoms in total. The van der Waals surface area contributed by atoms with Gasteiger partial charge in [0, 0.05) is 22.8 Å². The average molecular weight is 393 g/mol. The van der Waals surface area contributed by atoms with E-state index in [-0.39, 0.29) is 25.9 Å². The van der Waals surface area contributed by atoms with E-state index in [1.165, 1.54) is 36.5 Å². The third-order valence-corrected chi connectivity index (χ3v) is 4.89. The number of halogens is 2. The van der Waals surface area contributed by atoms with Crippen LogP contribution in [0.5, 0.6) is 0 Å². The van der Waals surface area contributed by atoms with E-state index in [9.17, 15) is 18.5 Å². The molecule has 21 heavy (non-hydrogen) atoms. The number of nitrogens with zero attached hydrogens (tertiary/aromatic N) is 2. The number of pyridine rings is 1. The van der Waals surface area contributed by atoms with Gasteiger partial charge in [-0.05, 0) is 34.1 Å². The molecule has 0 bridgehead atoms. The molecule has 0 aliphatic carbocycles. The van der Waals surface area contributed by atoms with Crippen molar-refractivity contribution in [3.8, 4) is 0 Å². The molecule has 1 aromatic carbocycles. The first-order valence-electron chi connectivity index (χ1n) is 5.38. The van der Waals surface area contributed by atoms with Gasteiger partial charge in [0.2, 0.25) is 0 Å². The smallest absolute Gasteiger partial charge is 0.270 e. The monoisotopic (exact) mass is 391 g/mol. The highest BCUT2D eigenvalue weighted by Gasteiger charge is 2.20. The number of non-ortho nitro benzene ring substituents is 1. The summed E-state index contributed by atoms with van der Waals surface area (Å²) in [6, 6.07) is 6.41. The topological polar surface area (TPSA) is 102 Å². The van der Waals surface area contributed by atoms with Gasteiger partial charge >= 0.3 is 0 Å². The van der Waals surface area contributed by atoms with E-state index in [0.717, 1.165) is 0 Å². The fourth-order valence-electron chi connectivity index (χ4n) is 1.47. The summed E-state index contributed by atoms with van der Waals surface area (Å²) in [7, 11) is -3.94. The second-order valence-corrected chi connectivity index (χ2v) is 6.68. The molecule has 2 rings (SSSR count). The number of aromatic nitrogens is 1. The number of nitro groups is 1. The van der Waals surface area contributed by atoms with Crippen LogP contribution < -0.4 is 4.72 Å². The second-order valence-electron chi connectivity index (χ2n) is 3.82. The largest absolute Gasteiger partial charge is 0.278 e. The van der Waals surface area contributed by atoms with E-state index in [2.05, 4.69) is 25.6 Å². The molecule has 0 amide bonds. The first kappa shape index (κ1) is 15.7. The Kier molecular flexibility index (Phi) is 4.45. The maximum atomic E-state index is 12.2. The van der Waals surface area contributed by atoms with Crippen LogP contribution in [0.2, 0.25) is 5.15 Å². The van der Waals surface area contributed by atoms with E-state index >= 15 is 0 Å². The number of anilines is 1. The molecule has 0 fully saturated rings. The minimum absolute atomic E-state index is 0.153. The van der Waals surface area contributed by atoms with E-state index < -0.39 is 14.9 Å². The van der Waals surface area contributed by atoms with Gasteiger partial charge in [0.15, 0.2) is 0 Å². The molecule has 0 spiro atoms. The highest BCUT2D eigenvalue weighted by molar-refractivity contribution is 9.10. The van der Waals surface area contributed by atoms with Crippen molar-refractivity contribution in [2.75, 3.05) is 4.72 Å². The molecule has 1 aromatic heterocycles. The fourth-order valence-corrected chi connectivity index (χ4v) is 3.60. The molecule has 0 atom stereocenters. The van der Waals surface area contributed by atoms with E-state index in [4.69, 9.17) is 11.6 Å². The zero-order valence-corrected chi connectivity index (χ0v) is 13.3. The van der Waals surface area contributed by atoms with E-state index in [1.54, 1.807) is 0 Å². The van der Waals surface area contributed by atoms with Crippen molar-refractivity contribution >= 4 is 48.9 Å². The predicted octanol–water partition coefficient (Wildman–Crippen LogP) is 3.21.